The molecule has 0 saturated carbocycles. The summed E-state index contributed by atoms with van der Waals surface area (Å²) in [5, 5.41) is 33.7. The summed E-state index contributed by atoms with van der Waals surface area (Å²) in [5.41, 5.74) is 7.14. The topological polar surface area (TPSA) is 220 Å². The molecule has 2 rings (SSSR count). The summed E-state index contributed by atoms with van der Waals surface area (Å²) in [5.74, 6) is -1.02. The van der Waals surface area contributed by atoms with Crippen molar-refractivity contribution >= 4 is 62.1 Å². The lowest BCUT2D eigenvalue weighted by Gasteiger charge is -2.09. The molecule has 196 valence electrons. The number of thiazole rings is 1. The van der Waals surface area contributed by atoms with E-state index in [4.69, 9.17) is 21.4 Å². The van der Waals surface area contributed by atoms with Crippen LogP contribution in [0.2, 0.25) is 0 Å². The molecule has 0 aliphatic carbocycles. The van der Waals surface area contributed by atoms with Gasteiger partial charge in [0.15, 0.2) is 11.1 Å². The van der Waals surface area contributed by atoms with Gasteiger partial charge in [0.05, 0.1) is 10.6 Å². The number of carbonyl (C=O) groups is 2. The number of rotatable bonds is 10. The number of nitrogens with two attached hydrogens (primary N) is 1. The number of hydrogen-bond acceptors (Lipinski definition) is 8. The highest BCUT2D eigenvalue weighted by atomic mass is 32.2. The number of aryl methyl sites for hydroxylation is 1. The largest absolute Gasteiger partial charge is 0.478 e. The van der Waals surface area contributed by atoms with Crippen molar-refractivity contribution < 1.29 is 28.2 Å². The molecule has 13 nitrogen and oxygen atoms in total. The van der Waals surface area contributed by atoms with Crippen molar-refractivity contribution in [2.75, 3.05) is 24.7 Å². The predicted octanol–water partition coefficient (Wildman–Crippen LogP) is 1.26. The van der Waals surface area contributed by atoms with Crippen LogP contribution in [0.15, 0.2) is 51.1 Å². The van der Waals surface area contributed by atoms with Crippen molar-refractivity contribution in [3.05, 3.63) is 53.1 Å². The zero-order valence-corrected chi connectivity index (χ0v) is 21.8. The van der Waals surface area contributed by atoms with Crippen LogP contribution in [0.5, 0.6) is 0 Å². The molecule has 16 heteroatoms. The summed E-state index contributed by atoms with van der Waals surface area (Å²) in [6.07, 6.45) is 1.12. The van der Waals surface area contributed by atoms with E-state index in [2.05, 4.69) is 25.3 Å². The van der Waals surface area contributed by atoms with Gasteiger partial charge in [-0.15, -0.1) is 15.7 Å². The predicted molar refractivity (Wildman–Crippen MR) is 141 cm³/mol. The lowest BCUT2D eigenvalue weighted by molar-refractivity contribution is -0.134. The number of hydrogen-bond donors (Lipinski definition) is 7. The molecule has 0 radical (unpaired) electrons. The van der Waals surface area contributed by atoms with Gasteiger partial charge in [0.2, 0.25) is 5.96 Å². The van der Waals surface area contributed by atoms with Crippen LogP contribution in [-0.4, -0.2) is 66.8 Å². The van der Waals surface area contributed by atoms with E-state index in [0.717, 1.165) is 17.0 Å². The van der Waals surface area contributed by atoms with Gasteiger partial charge in [0.1, 0.15) is 0 Å². The van der Waals surface area contributed by atoms with Gasteiger partial charge in [0, 0.05) is 42.6 Å². The summed E-state index contributed by atoms with van der Waals surface area (Å²) < 4.78 is 28.5. The van der Waals surface area contributed by atoms with Gasteiger partial charge in [-0.2, -0.15) is 20.2 Å². The van der Waals surface area contributed by atoms with Crippen LogP contribution in [-0.2, 0) is 25.4 Å². The van der Waals surface area contributed by atoms with Gasteiger partial charge in [-0.25, -0.2) is 14.6 Å². The van der Waals surface area contributed by atoms with Crippen LogP contribution in [0.3, 0.4) is 0 Å². The molecule has 0 spiro atoms. The van der Waals surface area contributed by atoms with Crippen LogP contribution in [0.25, 0.3) is 0 Å². The molecule has 8 N–H and O–H groups in total. The Labute approximate surface area is 216 Å². The third-order valence-corrected chi connectivity index (χ3v) is 6.81. The highest BCUT2D eigenvalue weighted by Crippen LogP contribution is 2.19. The minimum absolute atomic E-state index is 0.141. The van der Waals surface area contributed by atoms with Crippen molar-refractivity contribution in [3.63, 3.8) is 0 Å². The van der Waals surface area contributed by atoms with Crippen LogP contribution in [0.4, 0.5) is 5.13 Å². The number of benzene rings is 1. The number of nitrogens with one attached hydrogen (secondary N) is 4. The molecule has 2 aromatic rings. The summed E-state index contributed by atoms with van der Waals surface area (Å²) in [6.45, 7) is 2.43. The molecule has 0 bridgehead atoms. The maximum atomic E-state index is 12.4. The van der Waals surface area contributed by atoms with Gasteiger partial charge in [-0.05, 0) is 19.1 Å². The van der Waals surface area contributed by atoms with Crippen LogP contribution >= 0.6 is 23.1 Å². The fourth-order valence-corrected chi connectivity index (χ4v) is 4.71. The third-order valence-electron chi connectivity index (χ3n) is 3.72. The van der Waals surface area contributed by atoms with E-state index in [0.29, 0.717) is 29.6 Å². The number of carboxylic acid groups (broad SMARTS) is 2. The average Bonchev–Trinajstić information content (AvgIpc) is 3.23. The van der Waals surface area contributed by atoms with Gasteiger partial charge < -0.3 is 31.9 Å². The number of guanidine groups is 2. The number of nitrogens with zero attached hydrogens (tertiary/aromatic N) is 2. The standard InChI is InChI=1S/C16H23N7O2S3.C4H4O4/c1-11-3-5-13(6-4-11)28(24,25)23-15(19-2)20-7-8-26-9-12-10-27-16(21-12)22-14(17)18;5-3(6)1-2-4(7)8/h3-6,10H,7-9H2,1-2H3,(H2,19,20,23)(H4,17,18,21,22);1-2H,(H,5,6)(H,7,8)/b;2-1-. The lowest BCUT2D eigenvalue weighted by atomic mass is 10.2. The molecule has 1 aromatic heterocycles. The van der Waals surface area contributed by atoms with Gasteiger partial charge in [-0.3, -0.25) is 5.41 Å². The van der Waals surface area contributed by atoms with Crippen molar-refractivity contribution in [3.8, 4) is 0 Å². The monoisotopic (exact) mass is 557 g/mol. The van der Waals surface area contributed by atoms with E-state index in [1.165, 1.54) is 11.3 Å². The second-order valence-electron chi connectivity index (χ2n) is 6.65. The quantitative estimate of drug-likeness (QED) is 0.0949. The summed E-state index contributed by atoms with van der Waals surface area (Å²) in [7, 11) is -2.15. The van der Waals surface area contributed by atoms with E-state index in [1.807, 2.05) is 12.3 Å². The fraction of sp³-hybridized carbons (Fsp3) is 0.250. The summed E-state index contributed by atoms with van der Waals surface area (Å²) in [6, 6.07) is 6.56. The summed E-state index contributed by atoms with van der Waals surface area (Å²) in [4.78, 5) is 23.6. The Morgan fingerprint density at radius 1 is 1.22 bits per heavy atom. The molecule has 0 aliphatic rings. The number of anilines is 1. The normalized spacial score (nSPS) is 11.3. The number of sulfonamides is 1. The Balaban J connectivity index is 0.000000697. The molecule has 0 aliphatic heterocycles. The first-order valence-electron chi connectivity index (χ1n) is 10.0. The zero-order chi connectivity index (χ0) is 27.1. The Morgan fingerprint density at radius 2 is 1.83 bits per heavy atom. The SMILES string of the molecule is CN/C(=N/S(=O)(=O)c1ccc(C)cc1)NCCSCc1csc(NC(=N)N)n1.O=C(O)/C=C\C(=O)O. The van der Waals surface area contributed by atoms with Crippen molar-refractivity contribution in [2.24, 2.45) is 10.1 Å². The molecular formula is C20H27N7O6S3. The Bertz CT molecular complexity index is 1180. The van der Waals surface area contributed by atoms with Crippen molar-refractivity contribution in [1.29, 1.82) is 5.41 Å². The highest BCUT2D eigenvalue weighted by Gasteiger charge is 2.13. The first-order chi connectivity index (χ1) is 16.9. The Hall–Kier alpha value is -3.63. The van der Waals surface area contributed by atoms with Crippen LogP contribution in [0, 0.1) is 12.3 Å². The minimum atomic E-state index is -3.77. The van der Waals surface area contributed by atoms with Gasteiger partial charge >= 0.3 is 11.9 Å². The van der Waals surface area contributed by atoms with Gasteiger partial charge in [0.25, 0.3) is 10.0 Å². The number of aliphatic carboxylic acids is 2. The first-order valence-corrected chi connectivity index (χ1v) is 13.5. The molecule has 0 atom stereocenters. The maximum absolute atomic E-state index is 12.4. The molecule has 1 heterocycles. The van der Waals surface area contributed by atoms with E-state index >= 15 is 0 Å². The number of aromatic nitrogens is 1. The maximum Gasteiger partial charge on any atom is 0.328 e. The minimum Gasteiger partial charge on any atom is -0.478 e. The zero-order valence-electron chi connectivity index (χ0n) is 19.4. The Kier molecular flexibility index (Phi) is 13.0. The molecule has 0 amide bonds. The van der Waals surface area contributed by atoms with Crippen LogP contribution in [0.1, 0.15) is 11.3 Å². The lowest BCUT2D eigenvalue weighted by Crippen LogP contribution is -2.36. The molecular weight excluding hydrogens is 530 g/mol. The molecule has 1 aromatic carbocycles. The Morgan fingerprint density at radius 3 is 2.36 bits per heavy atom. The van der Waals surface area contributed by atoms with Crippen molar-refractivity contribution in [1.82, 2.24) is 15.6 Å². The number of carboxylic acids is 2. The smallest absolute Gasteiger partial charge is 0.328 e. The van der Waals surface area contributed by atoms with Crippen LogP contribution < -0.4 is 21.7 Å². The van der Waals surface area contributed by atoms with E-state index in [9.17, 15) is 18.0 Å². The second-order valence-corrected chi connectivity index (χ2v) is 10.2. The fourth-order valence-electron chi connectivity index (χ4n) is 2.16. The summed E-state index contributed by atoms with van der Waals surface area (Å²) >= 11 is 3.03. The third kappa shape index (κ3) is 12.7. The van der Waals surface area contributed by atoms with E-state index in [1.54, 1.807) is 43.1 Å². The van der Waals surface area contributed by atoms with Gasteiger partial charge in [-0.1, -0.05) is 17.7 Å². The molecule has 0 fully saturated rings. The van der Waals surface area contributed by atoms with E-state index < -0.39 is 22.0 Å². The molecule has 0 unspecified atom stereocenters. The average molecular weight is 558 g/mol. The molecule has 36 heavy (non-hydrogen) atoms. The highest BCUT2D eigenvalue weighted by molar-refractivity contribution is 7.98. The van der Waals surface area contributed by atoms with Crippen molar-refractivity contribution in [2.45, 2.75) is 17.6 Å². The van der Waals surface area contributed by atoms with E-state index in [-0.39, 0.29) is 16.8 Å². The second kappa shape index (κ2) is 15.4. The molecule has 0 saturated heterocycles. The first kappa shape index (κ1) is 30.4. The number of thioether (sulfide) groups is 1.